The number of piperidine rings is 1. The van der Waals surface area contributed by atoms with Crippen molar-refractivity contribution in [2.45, 2.75) is 49.8 Å². The number of benzene rings is 1. The first-order chi connectivity index (χ1) is 11.5. The minimum Gasteiger partial charge on any atom is -0.469 e. The minimum absolute atomic E-state index is 0.0497. The molecule has 1 aromatic rings. The van der Waals surface area contributed by atoms with Crippen LogP contribution in [0, 0.1) is 5.92 Å². The average Bonchev–Trinajstić information content (AvgIpc) is 2.88. The summed E-state index contributed by atoms with van der Waals surface area (Å²) >= 11 is 5.80. The number of carbonyl (C=O) groups excluding carboxylic acids is 2. The second kappa shape index (κ2) is 7.01. The predicted octanol–water partition coefficient (Wildman–Crippen LogP) is 3.52. The number of methoxy groups -OCH3 is 1. The minimum atomic E-state index is -0.694. The van der Waals surface area contributed by atoms with Crippen molar-refractivity contribution in [1.29, 1.82) is 0 Å². The zero-order valence-electron chi connectivity index (χ0n) is 13.9. The Kier molecular flexibility index (Phi) is 4.99. The molecule has 0 spiro atoms. The van der Waals surface area contributed by atoms with Crippen LogP contribution in [0.4, 0.5) is 4.79 Å². The van der Waals surface area contributed by atoms with Crippen LogP contribution >= 0.6 is 11.6 Å². The highest BCUT2D eigenvalue weighted by Crippen LogP contribution is 2.47. The molecule has 6 heteroatoms. The molecule has 0 radical (unpaired) electrons. The van der Waals surface area contributed by atoms with Gasteiger partial charge in [-0.2, -0.15) is 0 Å². The summed E-state index contributed by atoms with van der Waals surface area (Å²) in [6.45, 7) is 1.61. The van der Waals surface area contributed by atoms with Crippen LogP contribution in [0.3, 0.4) is 0 Å². The van der Waals surface area contributed by atoms with E-state index < -0.39 is 11.7 Å². The first-order valence-electron chi connectivity index (χ1n) is 8.28. The molecule has 5 atom stereocenters. The lowest BCUT2D eigenvalue weighted by Crippen LogP contribution is -2.53. The van der Waals surface area contributed by atoms with E-state index in [1.165, 1.54) is 7.11 Å². The fourth-order valence-corrected chi connectivity index (χ4v) is 4.27. The number of amides is 1. The predicted molar refractivity (Wildman–Crippen MR) is 89.8 cm³/mol. The monoisotopic (exact) mass is 351 g/mol. The van der Waals surface area contributed by atoms with E-state index in [4.69, 9.17) is 21.1 Å². The molecule has 2 heterocycles. The molecule has 5 nitrogen and oxygen atoms in total. The Morgan fingerprint density at radius 2 is 1.96 bits per heavy atom. The Morgan fingerprint density at radius 3 is 2.58 bits per heavy atom. The van der Waals surface area contributed by atoms with E-state index in [0.717, 1.165) is 24.8 Å². The highest BCUT2D eigenvalue weighted by Gasteiger charge is 2.53. The zero-order valence-corrected chi connectivity index (χ0v) is 14.6. The Balaban J connectivity index is 1.91. The Labute approximate surface area is 146 Å². The van der Waals surface area contributed by atoms with Gasteiger partial charge in [0, 0.05) is 18.0 Å². The summed E-state index contributed by atoms with van der Waals surface area (Å²) in [5.41, 5.74) is 0.420. The molecule has 2 saturated heterocycles. The van der Waals surface area contributed by atoms with Crippen molar-refractivity contribution in [3.8, 4) is 0 Å². The smallest absolute Gasteiger partial charge is 0.411 e. The number of carbonyl (C=O) groups is 2. The number of hydrogen-bond acceptors (Lipinski definition) is 4. The van der Waals surface area contributed by atoms with Gasteiger partial charge in [-0.25, -0.2) is 4.79 Å². The molecule has 2 aliphatic heterocycles. The average molecular weight is 352 g/mol. The van der Waals surface area contributed by atoms with E-state index in [0.29, 0.717) is 0 Å². The number of hydrogen-bond donors (Lipinski definition) is 0. The topological polar surface area (TPSA) is 55.8 Å². The number of esters is 1. The summed E-state index contributed by atoms with van der Waals surface area (Å²) in [7, 11) is 1.40. The first kappa shape index (κ1) is 17.1. The van der Waals surface area contributed by atoms with E-state index in [1.54, 1.807) is 11.8 Å². The SMILES string of the molecule is COC(=O)[C@H]1[C@@H](c2ccccc2)C[C@@H]2CC[C@H]1N2C(=O)OC(C)Cl. The molecular formula is C18H22ClNO4. The molecule has 2 fully saturated rings. The zero-order chi connectivity index (χ0) is 17.3. The van der Waals surface area contributed by atoms with Crippen LogP contribution in [0.5, 0.6) is 0 Å². The van der Waals surface area contributed by atoms with Crippen molar-refractivity contribution in [3.05, 3.63) is 35.9 Å². The van der Waals surface area contributed by atoms with Gasteiger partial charge in [0.1, 0.15) is 0 Å². The molecule has 1 amide bonds. The second-order valence-corrected chi connectivity index (χ2v) is 7.05. The molecule has 2 aliphatic rings. The van der Waals surface area contributed by atoms with Crippen LogP contribution in [-0.4, -0.2) is 41.7 Å². The molecule has 0 N–H and O–H groups in total. The molecule has 0 aromatic heterocycles. The number of ether oxygens (including phenoxy) is 2. The lowest BCUT2D eigenvalue weighted by atomic mass is 9.76. The first-order valence-corrected chi connectivity index (χ1v) is 8.72. The fraction of sp³-hybridized carbons (Fsp3) is 0.556. The van der Waals surface area contributed by atoms with Crippen molar-refractivity contribution in [2.24, 2.45) is 5.92 Å². The molecule has 130 valence electrons. The number of halogens is 1. The van der Waals surface area contributed by atoms with Gasteiger partial charge >= 0.3 is 12.1 Å². The van der Waals surface area contributed by atoms with Crippen LogP contribution < -0.4 is 0 Å². The van der Waals surface area contributed by atoms with Gasteiger partial charge in [-0.05, 0) is 31.7 Å². The van der Waals surface area contributed by atoms with Gasteiger partial charge in [-0.3, -0.25) is 4.79 Å². The molecular weight excluding hydrogens is 330 g/mol. The van der Waals surface area contributed by atoms with Gasteiger partial charge in [0.05, 0.1) is 13.0 Å². The van der Waals surface area contributed by atoms with E-state index in [9.17, 15) is 9.59 Å². The van der Waals surface area contributed by atoms with Gasteiger partial charge in [0.2, 0.25) is 0 Å². The van der Waals surface area contributed by atoms with Crippen LogP contribution in [0.15, 0.2) is 30.3 Å². The quantitative estimate of drug-likeness (QED) is 0.617. The third kappa shape index (κ3) is 3.09. The van der Waals surface area contributed by atoms with Crippen molar-refractivity contribution in [1.82, 2.24) is 4.90 Å². The highest BCUT2D eigenvalue weighted by atomic mass is 35.5. The van der Waals surface area contributed by atoms with E-state index >= 15 is 0 Å². The molecule has 1 aromatic carbocycles. The summed E-state index contributed by atoms with van der Waals surface area (Å²) in [6.07, 6.45) is 1.93. The second-order valence-electron chi connectivity index (χ2n) is 6.43. The number of rotatable bonds is 3. The van der Waals surface area contributed by atoms with E-state index in [-0.39, 0.29) is 29.9 Å². The van der Waals surface area contributed by atoms with Crippen LogP contribution in [0.1, 0.15) is 37.7 Å². The third-order valence-electron chi connectivity index (χ3n) is 5.10. The van der Waals surface area contributed by atoms with E-state index in [1.807, 2.05) is 30.3 Å². The van der Waals surface area contributed by atoms with Crippen molar-refractivity contribution >= 4 is 23.7 Å². The van der Waals surface area contributed by atoms with Gasteiger partial charge in [0.15, 0.2) is 5.56 Å². The van der Waals surface area contributed by atoms with Crippen LogP contribution in [0.2, 0.25) is 0 Å². The lowest BCUT2D eigenvalue weighted by Gasteiger charge is -2.43. The van der Waals surface area contributed by atoms with Gasteiger partial charge in [-0.15, -0.1) is 0 Å². The summed E-state index contributed by atoms with van der Waals surface area (Å²) in [5, 5.41) is 0. The van der Waals surface area contributed by atoms with Gasteiger partial charge < -0.3 is 14.4 Å². The van der Waals surface area contributed by atoms with Crippen molar-refractivity contribution in [3.63, 3.8) is 0 Å². The maximum atomic E-state index is 12.5. The Bertz CT molecular complexity index is 606. The molecule has 0 saturated carbocycles. The highest BCUT2D eigenvalue weighted by molar-refractivity contribution is 6.19. The third-order valence-corrected chi connectivity index (χ3v) is 5.18. The summed E-state index contributed by atoms with van der Waals surface area (Å²) in [4.78, 5) is 26.6. The van der Waals surface area contributed by atoms with Crippen molar-refractivity contribution < 1.29 is 19.1 Å². The Hall–Kier alpha value is -1.75. The van der Waals surface area contributed by atoms with Crippen LogP contribution in [0.25, 0.3) is 0 Å². The fourth-order valence-electron chi connectivity index (χ4n) is 4.19. The number of nitrogens with zero attached hydrogens (tertiary/aromatic N) is 1. The van der Waals surface area contributed by atoms with Crippen LogP contribution in [-0.2, 0) is 14.3 Å². The van der Waals surface area contributed by atoms with Gasteiger partial charge in [-0.1, -0.05) is 41.9 Å². The molecule has 24 heavy (non-hydrogen) atoms. The maximum absolute atomic E-state index is 12.5. The maximum Gasteiger partial charge on any atom is 0.411 e. The molecule has 1 unspecified atom stereocenters. The lowest BCUT2D eigenvalue weighted by molar-refractivity contribution is -0.150. The van der Waals surface area contributed by atoms with Crippen molar-refractivity contribution in [2.75, 3.05) is 7.11 Å². The van der Waals surface area contributed by atoms with E-state index in [2.05, 4.69) is 0 Å². The summed E-state index contributed by atoms with van der Waals surface area (Å²) in [6, 6.07) is 9.85. The largest absolute Gasteiger partial charge is 0.469 e. The summed E-state index contributed by atoms with van der Waals surface area (Å²) < 4.78 is 10.2. The van der Waals surface area contributed by atoms with Gasteiger partial charge in [0.25, 0.3) is 0 Å². The molecule has 0 aliphatic carbocycles. The molecule has 3 rings (SSSR count). The number of fused-ring (bicyclic) bond motifs is 2. The Morgan fingerprint density at radius 1 is 1.25 bits per heavy atom. The standard InChI is InChI=1S/C18H22ClNO4/c1-11(19)24-18(22)20-13-8-9-15(20)16(17(21)23-2)14(10-13)12-6-4-3-5-7-12/h3-7,11,13-16H,8-10H2,1-2H3/t11?,13-,14+,15+,16-/m0/s1. The summed E-state index contributed by atoms with van der Waals surface area (Å²) in [5.74, 6) is -0.603. The molecule has 2 bridgehead atoms. The normalized spacial score (nSPS) is 29.9. The number of alkyl halides is 1.